The Morgan fingerprint density at radius 3 is 2.48 bits per heavy atom. The van der Waals surface area contributed by atoms with Crippen molar-refractivity contribution >= 4 is 11.9 Å². The van der Waals surface area contributed by atoms with Crippen LogP contribution in [-0.2, 0) is 9.59 Å². The van der Waals surface area contributed by atoms with E-state index in [2.05, 4.69) is 6.92 Å². The molecule has 0 radical (unpaired) electrons. The van der Waals surface area contributed by atoms with E-state index in [1.54, 1.807) is 0 Å². The lowest BCUT2D eigenvalue weighted by molar-refractivity contribution is -0.140. The van der Waals surface area contributed by atoms with Crippen LogP contribution in [0.3, 0.4) is 0 Å². The molecule has 1 atom stereocenters. The molecular formula is C17H31NO3. The van der Waals surface area contributed by atoms with E-state index in [1.807, 2.05) is 4.90 Å². The first-order valence-corrected chi connectivity index (χ1v) is 8.66. The van der Waals surface area contributed by atoms with Gasteiger partial charge in [-0.3, -0.25) is 9.59 Å². The van der Waals surface area contributed by atoms with Crippen molar-refractivity contribution in [2.24, 2.45) is 0 Å². The van der Waals surface area contributed by atoms with Gasteiger partial charge in [0.25, 0.3) is 0 Å². The highest BCUT2D eigenvalue weighted by atomic mass is 16.4. The number of likely N-dealkylation sites (tertiary alicyclic amines) is 1. The second-order valence-electron chi connectivity index (χ2n) is 6.19. The average molecular weight is 297 g/mol. The van der Waals surface area contributed by atoms with Crippen molar-refractivity contribution < 1.29 is 14.7 Å². The first-order chi connectivity index (χ1) is 10.1. The van der Waals surface area contributed by atoms with Crippen LogP contribution >= 0.6 is 0 Å². The Morgan fingerprint density at radius 1 is 1.05 bits per heavy atom. The number of aliphatic carboxylic acids is 1. The number of hydrogen-bond donors (Lipinski definition) is 1. The topological polar surface area (TPSA) is 57.6 Å². The molecule has 0 spiro atoms. The molecule has 4 heteroatoms. The number of carbonyl (C=O) groups excluding carboxylic acids is 1. The molecule has 0 aromatic heterocycles. The number of carbonyl (C=O) groups is 2. The maximum absolute atomic E-state index is 12.3. The predicted molar refractivity (Wildman–Crippen MR) is 84.2 cm³/mol. The van der Waals surface area contributed by atoms with E-state index in [0.29, 0.717) is 12.8 Å². The maximum Gasteiger partial charge on any atom is 0.303 e. The van der Waals surface area contributed by atoms with Gasteiger partial charge in [-0.25, -0.2) is 0 Å². The molecule has 1 saturated heterocycles. The van der Waals surface area contributed by atoms with Crippen LogP contribution in [0, 0.1) is 0 Å². The maximum atomic E-state index is 12.3. The van der Waals surface area contributed by atoms with E-state index >= 15 is 0 Å². The van der Waals surface area contributed by atoms with Crippen LogP contribution in [0.1, 0.15) is 84.0 Å². The van der Waals surface area contributed by atoms with Gasteiger partial charge in [-0.1, -0.05) is 39.0 Å². The van der Waals surface area contributed by atoms with Crippen molar-refractivity contribution in [3.05, 3.63) is 0 Å². The fourth-order valence-electron chi connectivity index (χ4n) is 3.12. The molecule has 21 heavy (non-hydrogen) atoms. The highest BCUT2D eigenvalue weighted by Gasteiger charge is 2.26. The summed E-state index contributed by atoms with van der Waals surface area (Å²) in [6, 6.07) is 0.155. The zero-order chi connectivity index (χ0) is 15.5. The van der Waals surface area contributed by atoms with Gasteiger partial charge in [-0.15, -0.1) is 0 Å². The quantitative estimate of drug-likeness (QED) is 0.620. The number of rotatable bonds is 10. The summed E-state index contributed by atoms with van der Waals surface area (Å²) in [6.45, 7) is 3.02. The second kappa shape index (κ2) is 10.6. The van der Waals surface area contributed by atoms with Crippen molar-refractivity contribution in [1.82, 2.24) is 4.90 Å². The van der Waals surface area contributed by atoms with Gasteiger partial charge in [0.1, 0.15) is 0 Å². The Hall–Kier alpha value is -1.06. The number of amides is 1. The molecule has 1 N–H and O–H groups in total. The molecule has 1 rings (SSSR count). The van der Waals surface area contributed by atoms with E-state index in [0.717, 1.165) is 38.6 Å². The first-order valence-electron chi connectivity index (χ1n) is 8.66. The smallest absolute Gasteiger partial charge is 0.303 e. The Bertz CT molecular complexity index is 317. The van der Waals surface area contributed by atoms with Crippen LogP contribution in [0.4, 0.5) is 0 Å². The van der Waals surface area contributed by atoms with Gasteiger partial charge in [0.2, 0.25) is 5.91 Å². The van der Waals surface area contributed by atoms with Gasteiger partial charge in [0.15, 0.2) is 0 Å². The average Bonchev–Trinajstić information content (AvgIpc) is 2.48. The predicted octanol–water partition coefficient (Wildman–Crippen LogP) is 3.98. The normalized spacial score (nSPS) is 18.7. The largest absolute Gasteiger partial charge is 0.481 e. The number of unbranched alkanes of at least 4 members (excludes halogenated alkanes) is 5. The molecule has 1 aliphatic heterocycles. The second-order valence-corrected chi connectivity index (χ2v) is 6.19. The fraction of sp³-hybridized carbons (Fsp3) is 0.882. The lowest BCUT2D eigenvalue weighted by atomic mass is 9.97. The minimum atomic E-state index is -0.760. The number of carboxylic acid groups (broad SMARTS) is 1. The molecule has 0 aromatic carbocycles. The monoisotopic (exact) mass is 297 g/mol. The third-order valence-corrected chi connectivity index (χ3v) is 4.38. The van der Waals surface area contributed by atoms with E-state index in [1.165, 1.54) is 25.7 Å². The zero-order valence-corrected chi connectivity index (χ0v) is 13.5. The number of piperidine rings is 1. The summed E-state index contributed by atoms with van der Waals surface area (Å²) in [5.41, 5.74) is 0. The molecule has 1 unspecified atom stereocenters. The van der Waals surface area contributed by atoms with E-state index < -0.39 is 5.97 Å². The third-order valence-electron chi connectivity index (χ3n) is 4.38. The van der Waals surface area contributed by atoms with E-state index in [-0.39, 0.29) is 18.4 Å². The van der Waals surface area contributed by atoms with Crippen molar-refractivity contribution in [3.63, 3.8) is 0 Å². The van der Waals surface area contributed by atoms with Gasteiger partial charge in [-0.05, 0) is 32.1 Å². The first kappa shape index (κ1) is 18.0. The standard InChI is InChI=1S/C17H31NO3/c1-2-3-4-5-6-7-11-16(19)18-14-9-8-10-15(18)12-13-17(20)21/h15H,2-14H2,1H3,(H,20,21). The molecule has 0 saturated carbocycles. The summed E-state index contributed by atoms with van der Waals surface area (Å²) in [5, 5.41) is 8.81. The van der Waals surface area contributed by atoms with Crippen LogP contribution < -0.4 is 0 Å². The molecule has 0 aromatic rings. The van der Waals surface area contributed by atoms with Crippen LogP contribution in [0.2, 0.25) is 0 Å². The minimum Gasteiger partial charge on any atom is -0.481 e. The van der Waals surface area contributed by atoms with Crippen molar-refractivity contribution in [2.75, 3.05) is 6.54 Å². The highest BCUT2D eigenvalue weighted by Crippen LogP contribution is 2.22. The number of nitrogens with zero attached hydrogens (tertiary/aromatic N) is 1. The van der Waals surface area contributed by atoms with Gasteiger partial charge >= 0.3 is 5.97 Å². The van der Waals surface area contributed by atoms with Gasteiger partial charge in [0, 0.05) is 25.4 Å². The molecule has 1 fully saturated rings. The summed E-state index contributed by atoms with van der Waals surface area (Å²) in [6.07, 6.45) is 11.7. The summed E-state index contributed by atoms with van der Waals surface area (Å²) >= 11 is 0. The summed E-state index contributed by atoms with van der Waals surface area (Å²) in [4.78, 5) is 25.0. The van der Waals surface area contributed by atoms with Crippen LogP contribution in [0.5, 0.6) is 0 Å². The van der Waals surface area contributed by atoms with Crippen LogP contribution in [0.25, 0.3) is 0 Å². The van der Waals surface area contributed by atoms with Crippen LogP contribution in [-0.4, -0.2) is 34.5 Å². The number of hydrogen-bond acceptors (Lipinski definition) is 2. The van der Waals surface area contributed by atoms with Crippen LogP contribution in [0.15, 0.2) is 0 Å². The van der Waals surface area contributed by atoms with Gasteiger partial charge in [-0.2, -0.15) is 0 Å². The fourth-order valence-corrected chi connectivity index (χ4v) is 3.12. The Labute approximate surface area is 128 Å². The molecule has 0 aliphatic carbocycles. The lowest BCUT2D eigenvalue weighted by Crippen LogP contribution is -2.43. The van der Waals surface area contributed by atoms with E-state index in [9.17, 15) is 9.59 Å². The zero-order valence-electron chi connectivity index (χ0n) is 13.5. The van der Waals surface area contributed by atoms with Gasteiger partial charge in [0.05, 0.1) is 0 Å². The molecule has 1 amide bonds. The summed E-state index contributed by atoms with van der Waals surface area (Å²) < 4.78 is 0. The Kier molecular flexibility index (Phi) is 9.11. The summed E-state index contributed by atoms with van der Waals surface area (Å²) in [7, 11) is 0. The van der Waals surface area contributed by atoms with Crippen molar-refractivity contribution in [3.8, 4) is 0 Å². The molecule has 0 bridgehead atoms. The SMILES string of the molecule is CCCCCCCCC(=O)N1CCCCC1CCC(=O)O. The molecular weight excluding hydrogens is 266 g/mol. The van der Waals surface area contributed by atoms with E-state index in [4.69, 9.17) is 5.11 Å². The highest BCUT2D eigenvalue weighted by molar-refractivity contribution is 5.76. The molecule has 1 aliphatic rings. The van der Waals surface area contributed by atoms with Crippen molar-refractivity contribution in [2.45, 2.75) is 90.0 Å². The Morgan fingerprint density at radius 2 is 1.76 bits per heavy atom. The van der Waals surface area contributed by atoms with Crippen molar-refractivity contribution in [1.29, 1.82) is 0 Å². The minimum absolute atomic E-state index is 0.155. The lowest BCUT2D eigenvalue weighted by Gasteiger charge is -2.35. The number of carboxylic acids is 1. The molecule has 4 nitrogen and oxygen atoms in total. The Balaban J connectivity index is 2.26. The third kappa shape index (κ3) is 7.49. The van der Waals surface area contributed by atoms with Gasteiger partial charge < -0.3 is 10.0 Å². The molecule has 122 valence electrons. The molecule has 1 heterocycles. The summed E-state index contributed by atoms with van der Waals surface area (Å²) in [5.74, 6) is -0.524.